The van der Waals surface area contributed by atoms with Crippen LogP contribution in [0.3, 0.4) is 0 Å². The predicted molar refractivity (Wildman–Crippen MR) is 118 cm³/mol. The highest BCUT2D eigenvalue weighted by atomic mass is 16.5. The van der Waals surface area contributed by atoms with E-state index in [1.807, 2.05) is 0 Å². The minimum absolute atomic E-state index is 0.0473. The Morgan fingerprint density at radius 1 is 0.931 bits per heavy atom. The van der Waals surface area contributed by atoms with Crippen molar-refractivity contribution in [2.24, 2.45) is 5.92 Å². The van der Waals surface area contributed by atoms with Gasteiger partial charge in [0.15, 0.2) is 0 Å². The Bertz CT molecular complexity index is 804. The zero-order valence-corrected chi connectivity index (χ0v) is 17.8. The summed E-state index contributed by atoms with van der Waals surface area (Å²) in [4.78, 5) is 16.2. The van der Waals surface area contributed by atoms with Crippen molar-refractivity contribution in [2.45, 2.75) is 51.4 Å². The van der Waals surface area contributed by atoms with E-state index in [0.29, 0.717) is 12.5 Å². The van der Waals surface area contributed by atoms with E-state index in [-0.39, 0.29) is 5.97 Å². The van der Waals surface area contributed by atoms with Crippen molar-refractivity contribution in [1.82, 2.24) is 4.90 Å². The zero-order chi connectivity index (χ0) is 20.3. The van der Waals surface area contributed by atoms with Gasteiger partial charge in [0.25, 0.3) is 0 Å². The number of hydrogen-bond acceptors (Lipinski definition) is 3. The summed E-state index contributed by atoms with van der Waals surface area (Å²) in [5.74, 6) is 0.260. The summed E-state index contributed by atoms with van der Waals surface area (Å²) in [6.07, 6.45) is 5.85. The maximum Gasteiger partial charge on any atom is 0.321 e. The standard InChI is InChI=1S/C26H33NO2/c1-3-27(4-2)18-19-29-25(28)26(20-12-6-5-7-13-20)23-16-10-8-14-21(23)22-15-9-11-17-24(22)26/h8-11,14-17,20H,3-7,12-13,18-19H2,1-2H3. The van der Waals surface area contributed by atoms with Gasteiger partial charge in [-0.3, -0.25) is 4.79 Å². The molecular weight excluding hydrogens is 358 g/mol. The Hall–Kier alpha value is -2.13. The van der Waals surface area contributed by atoms with Crippen LogP contribution in [-0.4, -0.2) is 37.1 Å². The molecule has 0 aromatic heterocycles. The monoisotopic (exact) mass is 391 g/mol. The molecule has 0 bridgehead atoms. The molecule has 0 amide bonds. The van der Waals surface area contributed by atoms with Crippen LogP contribution < -0.4 is 0 Å². The minimum Gasteiger partial charge on any atom is -0.463 e. The van der Waals surface area contributed by atoms with Gasteiger partial charge in [-0.25, -0.2) is 0 Å². The first kappa shape index (κ1) is 20.2. The third kappa shape index (κ3) is 3.40. The fraction of sp³-hybridized carbons (Fsp3) is 0.500. The summed E-state index contributed by atoms with van der Waals surface area (Å²) in [6, 6.07) is 17.0. The number of rotatable bonds is 7. The molecule has 0 radical (unpaired) electrons. The van der Waals surface area contributed by atoms with E-state index < -0.39 is 5.41 Å². The van der Waals surface area contributed by atoms with Crippen LogP contribution in [0.1, 0.15) is 57.1 Å². The number of fused-ring (bicyclic) bond motifs is 3. The van der Waals surface area contributed by atoms with Gasteiger partial charge < -0.3 is 9.64 Å². The van der Waals surface area contributed by atoms with Gasteiger partial charge >= 0.3 is 5.97 Å². The Labute approximate surface area is 175 Å². The number of carbonyl (C=O) groups is 1. The quantitative estimate of drug-likeness (QED) is 0.590. The third-order valence-corrected chi connectivity index (χ3v) is 7.07. The molecule has 0 unspecified atom stereocenters. The lowest BCUT2D eigenvalue weighted by atomic mass is 9.63. The van der Waals surface area contributed by atoms with Gasteiger partial charge in [0, 0.05) is 6.54 Å². The van der Waals surface area contributed by atoms with Gasteiger partial charge in [0.2, 0.25) is 0 Å². The normalized spacial score (nSPS) is 17.8. The Morgan fingerprint density at radius 2 is 1.48 bits per heavy atom. The number of benzene rings is 2. The summed E-state index contributed by atoms with van der Waals surface area (Å²) in [7, 11) is 0. The van der Waals surface area contributed by atoms with Gasteiger partial charge in [-0.05, 0) is 54.1 Å². The highest BCUT2D eigenvalue weighted by Crippen LogP contribution is 2.56. The first-order valence-corrected chi connectivity index (χ1v) is 11.3. The SMILES string of the molecule is CCN(CC)CCOC(=O)C1(C2CCCCC2)c2ccccc2-c2ccccc21. The Morgan fingerprint density at radius 3 is 2.03 bits per heavy atom. The Kier molecular flexibility index (Phi) is 6.05. The molecule has 1 fully saturated rings. The van der Waals surface area contributed by atoms with Crippen LogP contribution in [0.2, 0.25) is 0 Å². The highest BCUT2D eigenvalue weighted by molar-refractivity contribution is 5.98. The van der Waals surface area contributed by atoms with Crippen LogP contribution in [0.4, 0.5) is 0 Å². The van der Waals surface area contributed by atoms with Gasteiger partial charge in [0.1, 0.15) is 12.0 Å². The van der Waals surface area contributed by atoms with Gasteiger partial charge in [-0.1, -0.05) is 81.6 Å². The maximum absolute atomic E-state index is 13.9. The summed E-state index contributed by atoms with van der Waals surface area (Å²) in [5, 5.41) is 0. The van der Waals surface area contributed by atoms with Crippen molar-refractivity contribution in [3.05, 3.63) is 59.7 Å². The van der Waals surface area contributed by atoms with E-state index in [4.69, 9.17) is 4.74 Å². The van der Waals surface area contributed by atoms with Crippen LogP contribution in [0.5, 0.6) is 0 Å². The summed E-state index contributed by atoms with van der Waals surface area (Å²) < 4.78 is 6.05. The molecule has 154 valence electrons. The fourth-order valence-corrected chi connectivity index (χ4v) is 5.55. The van der Waals surface area contributed by atoms with Crippen molar-refractivity contribution in [3.8, 4) is 11.1 Å². The molecule has 3 nitrogen and oxygen atoms in total. The van der Waals surface area contributed by atoms with E-state index in [0.717, 1.165) is 43.6 Å². The molecule has 0 heterocycles. The molecule has 0 atom stereocenters. The number of esters is 1. The number of nitrogens with zero attached hydrogens (tertiary/aromatic N) is 1. The van der Waals surface area contributed by atoms with Crippen molar-refractivity contribution in [3.63, 3.8) is 0 Å². The van der Waals surface area contributed by atoms with Gasteiger partial charge in [-0.15, -0.1) is 0 Å². The molecule has 2 aliphatic carbocycles. The molecule has 29 heavy (non-hydrogen) atoms. The lowest BCUT2D eigenvalue weighted by Gasteiger charge is -2.39. The number of ether oxygens (including phenoxy) is 1. The fourth-order valence-electron chi connectivity index (χ4n) is 5.55. The average molecular weight is 392 g/mol. The molecule has 0 spiro atoms. The predicted octanol–water partition coefficient (Wildman–Crippen LogP) is 5.42. The van der Waals surface area contributed by atoms with Crippen LogP contribution in [0, 0.1) is 5.92 Å². The minimum atomic E-state index is -0.656. The third-order valence-electron chi connectivity index (χ3n) is 7.07. The molecule has 0 aliphatic heterocycles. The van der Waals surface area contributed by atoms with Crippen molar-refractivity contribution >= 4 is 5.97 Å². The number of carbonyl (C=O) groups excluding carboxylic acids is 1. The second-order valence-electron chi connectivity index (χ2n) is 8.40. The van der Waals surface area contributed by atoms with Gasteiger partial charge in [-0.2, -0.15) is 0 Å². The molecule has 2 aliphatic rings. The highest BCUT2D eigenvalue weighted by Gasteiger charge is 2.55. The van der Waals surface area contributed by atoms with Crippen molar-refractivity contribution < 1.29 is 9.53 Å². The van der Waals surface area contributed by atoms with Gasteiger partial charge in [0.05, 0.1) is 0 Å². The van der Waals surface area contributed by atoms with Crippen LogP contribution in [0.25, 0.3) is 11.1 Å². The molecule has 1 saturated carbocycles. The molecule has 2 aromatic rings. The lowest BCUT2D eigenvalue weighted by Crippen LogP contribution is -2.45. The van der Waals surface area contributed by atoms with E-state index >= 15 is 0 Å². The van der Waals surface area contributed by atoms with E-state index in [2.05, 4.69) is 67.3 Å². The summed E-state index contributed by atoms with van der Waals surface area (Å²) in [6.45, 7) is 7.51. The number of likely N-dealkylation sites (N-methyl/N-ethyl adjacent to an activating group) is 1. The Balaban J connectivity index is 1.75. The van der Waals surface area contributed by atoms with Crippen molar-refractivity contribution in [2.75, 3.05) is 26.2 Å². The summed E-state index contributed by atoms with van der Waals surface area (Å²) in [5.41, 5.74) is 4.06. The molecule has 2 aromatic carbocycles. The zero-order valence-electron chi connectivity index (χ0n) is 17.8. The van der Waals surface area contributed by atoms with E-state index in [9.17, 15) is 4.79 Å². The van der Waals surface area contributed by atoms with Crippen LogP contribution in [-0.2, 0) is 14.9 Å². The largest absolute Gasteiger partial charge is 0.463 e. The summed E-state index contributed by atoms with van der Waals surface area (Å²) >= 11 is 0. The average Bonchev–Trinajstić information content (AvgIpc) is 3.09. The molecular formula is C26H33NO2. The molecule has 3 heteroatoms. The second kappa shape index (κ2) is 8.71. The lowest BCUT2D eigenvalue weighted by molar-refractivity contribution is -0.152. The molecule has 4 rings (SSSR count). The number of hydrogen-bond donors (Lipinski definition) is 0. The van der Waals surface area contributed by atoms with E-state index in [1.165, 1.54) is 30.4 Å². The van der Waals surface area contributed by atoms with Crippen molar-refractivity contribution in [1.29, 1.82) is 0 Å². The second-order valence-corrected chi connectivity index (χ2v) is 8.40. The van der Waals surface area contributed by atoms with Crippen LogP contribution >= 0.6 is 0 Å². The molecule has 0 N–H and O–H groups in total. The topological polar surface area (TPSA) is 29.5 Å². The van der Waals surface area contributed by atoms with E-state index in [1.54, 1.807) is 0 Å². The molecule has 0 saturated heterocycles. The first-order valence-electron chi connectivity index (χ1n) is 11.3. The van der Waals surface area contributed by atoms with Crippen LogP contribution in [0.15, 0.2) is 48.5 Å². The maximum atomic E-state index is 13.9. The first-order chi connectivity index (χ1) is 14.2. The smallest absolute Gasteiger partial charge is 0.321 e.